The summed E-state index contributed by atoms with van der Waals surface area (Å²) < 4.78 is 20.1. The van der Waals surface area contributed by atoms with Crippen LogP contribution in [-0.4, -0.2) is 11.0 Å². The molecule has 138 valence electrons. The lowest BCUT2D eigenvalue weighted by molar-refractivity contribution is -0.110. The fourth-order valence-corrected chi connectivity index (χ4v) is 3.81. The Bertz CT molecular complexity index is 1140. The topological polar surface area (TPSA) is 58.6 Å². The smallest absolute Gasteiger partial charge is 0.260 e. The molecule has 2 aliphatic rings. The molecule has 2 N–H and O–H groups in total. The average Bonchev–Trinajstić information content (AvgIpc) is 3.24. The summed E-state index contributed by atoms with van der Waals surface area (Å²) in [5.74, 6) is -0.307. The number of benzene rings is 3. The number of hydrogen-bond acceptors (Lipinski definition) is 3. The molecular formula is C23H16FNO3. The van der Waals surface area contributed by atoms with Crippen molar-refractivity contribution in [2.45, 2.75) is 12.7 Å². The summed E-state index contributed by atoms with van der Waals surface area (Å²) in [5, 5.41) is 12.3. The first-order valence-electron chi connectivity index (χ1n) is 8.97. The minimum absolute atomic E-state index is 0.0881. The van der Waals surface area contributed by atoms with E-state index in [2.05, 4.69) is 5.32 Å². The number of aliphatic hydroxyl groups excluding tert-OH is 1. The summed E-state index contributed by atoms with van der Waals surface area (Å²) in [6.07, 6.45) is -0.407. The number of ether oxygens (including phenoxy) is 1. The van der Waals surface area contributed by atoms with E-state index >= 15 is 0 Å². The molecule has 5 rings (SSSR count). The minimum atomic E-state index is -0.415. The Morgan fingerprint density at radius 2 is 1.82 bits per heavy atom. The maximum absolute atomic E-state index is 13.9. The minimum Gasteiger partial charge on any atom is -0.479 e. The van der Waals surface area contributed by atoms with Crippen LogP contribution >= 0.6 is 0 Å². The first-order valence-corrected chi connectivity index (χ1v) is 8.97. The van der Waals surface area contributed by atoms with Gasteiger partial charge in [-0.25, -0.2) is 4.39 Å². The molecule has 28 heavy (non-hydrogen) atoms. The molecule has 4 nitrogen and oxygen atoms in total. The molecule has 1 atom stereocenters. The summed E-state index contributed by atoms with van der Waals surface area (Å²) >= 11 is 0. The van der Waals surface area contributed by atoms with Gasteiger partial charge in [-0.3, -0.25) is 4.79 Å². The molecule has 3 aromatic carbocycles. The summed E-state index contributed by atoms with van der Waals surface area (Å²) in [6, 6.07) is 19.4. The van der Waals surface area contributed by atoms with Crippen LogP contribution in [0.15, 0.2) is 66.7 Å². The fourth-order valence-electron chi connectivity index (χ4n) is 3.81. The molecule has 0 fully saturated rings. The van der Waals surface area contributed by atoms with Gasteiger partial charge in [0.25, 0.3) is 5.91 Å². The average molecular weight is 373 g/mol. The lowest BCUT2D eigenvalue weighted by Gasteiger charge is -2.13. The number of amides is 1. The third-order valence-corrected chi connectivity index (χ3v) is 5.12. The Labute approximate surface area is 160 Å². The normalized spacial score (nSPS) is 19.8. The second-order valence-electron chi connectivity index (χ2n) is 6.84. The van der Waals surface area contributed by atoms with Gasteiger partial charge in [-0.15, -0.1) is 0 Å². The molecule has 0 bridgehead atoms. The van der Waals surface area contributed by atoms with E-state index in [-0.39, 0.29) is 12.5 Å². The molecule has 0 saturated heterocycles. The third-order valence-electron chi connectivity index (χ3n) is 5.12. The van der Waals surface area contributed by atoms with Crippen molar-refractivity contribution in [1.82, 2.24) is 0 Å². The SMILES string of the molecule is O=C1Nc2ccc(F)cc2C1=C1OC(c2ccccc2)c2cc(CO)ccc21. The summed E-state index contributed by atoms with van der Waals surface area (Å²) in [4.78, 5) is 12.7. The lowest BCUT2D eigenvalue weighted by atomic mass is 9.95. The van der Waals surface area contributed by atoms with Crippen LogP contribution in [-0.2, 0) is 16.1 Å². The molecule has 3 aromatic rings. The van der Waals surface area contributed by atoms with Gasteiger partial charge in [-0.2, -0.15) is 0 Å². The number of nitrogens with one attached hydrogen (secondary N) is 1. The van der Waals surface area contributed by atoms with E-state index in [4.69, 9.17) is 4.74 Å². The molecule has 1 unspecified atom stereocenters. The number of rotatable bonds is 2. The third kappa shape index (κ3) is 2.52. The van der Waals surface area contributed by atoms with Crippen molar-refractivity contribution >= 4 is 22.9 Å². The maximum atomic E-state index is 13.9. The van der Waals surface area contributed by atoms with Gasteiger partial charge in [0.2, 0.25) is 0 Å². The van der Waals surface area contributed by atoms with Crippen LogP contribution < -0.4 is 5.32 Å². The van der Waals surface area contributed by atoms with Crippen molar-refractivity contribution in [1.29, 1.82) is 0 Å². The number of hydrogen-bond donors (Lipinski definition) is 2. The zero-order valence-corrected chi connectivity index (χ0v) is 14.8. The monoisotopic (exact) mass is 373 g/mol. The first kappa shape index (κ1) is 16.7. The number of anilines is 1. The van der Waals surface area contributed by atoms with Crippen molar-refractivity contribution < 1.29 is 19.0 Å². The lowest BCUT2D eigenvalue weighted by Crippen LogP contribution is -2.06. The number of fused-ring (bicyclic) bond motifs is 2. The Kier molecular flexibility index (Phi) is 3.77. The molecule has 2 aliphatic heterocycles. The number of halogens is 1. The van der Waals surface area contributed by atoms with Crippen molar-refractivity contribution in [3.8, 4) is 0 Å². The Morgan fingerprint density at radius 1 is 1.00 bits per heavy atom. The van der Waals surface area contributed by atoms with Crippen LogP contribution in [0.5, 0.6) is 0 Å². The number of carbonyl (C=O) groups excluding carboxylic acids is 1. The van der Waals surface area contributed by atoms with Gasteiger partial charge >= 0.3 is 0 Å². The van der Waals surface area contributed by atoms with Crippen molar-refractivity contribution in [3.63, 3.8) is 0 Å². The largest absolute Gasteiger partial charge is 0.479 e. The van der Waals surface area contributed by atoms with Gasteiger partial charge in [0.15, 0.2) is 0 Å². The van der Waals surface area contributed by atoms with Crippen LogP contribution in [0.4, 0.5) is 10.1 Å². The number of aliphatic hydroxyl groups is 1. The van der Waals surface area contributed by atoms with Crippen LogP contribution in [0.25, 0.3) is 11.3 Å². The van der Waals surface area contributed by atoms with E-state index in [1.807, 2.05) is 42.5 Å². The van der Waals surface area contributed by atoms with Crippen LogP contribution in [0, 0.1) is 5.82 Å². The van der Waals surface area contributed by atoms with Crippen LogP contribution in [0.2, 0.25) is 0 Å². The number of carbonyl (C=O) groups is 1. The second kappa shape index (κ2) is 6.32. The van der Waals surface area contributed by atoms with E-state index in [0.29, 0.717) is 22.6 Å². The highest BCUT2D eigenvalue weighted by atomic mass is 19.1. The summed E-state index contributed by atoms with van der Waals surface area (Å²) in [7, 11) is 0. The van der Waals surface area contributed by atoms with Crippen molar-refractivity contribution in [2.24, 2.45) is 0 Å². The fraction of sp³-hybridized carbons (Fsp3) is 0.0870. The van der Waals surface area contributed by atoms with Crippen LogP contribution in [0.3, 0.4) is 0 Å². The molecule has 0 spiro atoms. The standard InChI is InChI=1S/C23H16FNO3/c24-15-7-9-19-18(11-15)20(23(27)25-19)22-16-8-6-13(12-26)10-17(16)21(28-22)14-4-2-1-3-5-14/h1-11,21,26H,12H2,(H,25,27). The Hall–Kier alpha value is -3.44. The van der Waals surface area contributed by atoms with E-state index in [0.717, 1.165) is 22.3 Å². The molecular weight excluding hydrogens is 357 g/mol. The molecule has 1 amide bonds. The summed E-state index contributed by atoms with van der Waals surface area (Å²) in [6.45, 7) is -0.0881. The molecule has 2 heterocycles. The zero-order chi connectivity index (χ0) is 19.3. The van der Waals surface area contributed by atoms with Crippen LogP contribution in [0.1, 0.15) is 33.9 Å². The van der Waals surface area contributed by atoms with E-state index in [1.54, 1.807) is 12.1 Å². The summed E-state index contributed by atoms with van der Waals surface area (Å²) in [5.41, 5.74) is 4.72. The molecule has 0 aromatic heterocycles. The van der Waals surface area contributed by atoms with Gasteiger partial charge in [0.05, 0.1) is 12.2 Å². The van der Waals surface area contributed by atoms with Gasteiger partial charge in [0.1, 0.15) is 17.7 Å². The highest BCUT2D eigenvalue weighted by Crippen LogP contribution is 2.48. The van der Waals surface area contributed by atoms with Gasteiger partial charge in [0, 0.05) is 22.4 Å². The highest BCUT2D eigenvalue weighted by Gasteiger charge is 2.37. The molecule has 0 aliphatic carbocycles. The van der Waals surface area contributed by atoms with Gasteiger partial charge in [-0.1, -0.05) is 42.5 Å². The quantitative estimate of drug-likeness (QED) is 0.660. The second-order valence-corrected chi connectivity index (χ2v) is 6.84. The predicted molar refractivity (Wildman–Crippen MR) is 104 cm³/mol. The Morgan fingerprint density at radius 3 is 2.61 bits per heavy atom. The highest BCUT2D eigenvalue weighted by molar-refractivity contribution is 6.36. The Balaban J connectivity index is 1.74. The van der Waals surface area contributed by atoms with Crippen molar-refractivity contribution in [2.75, 3.05) is 5.32 Å². The van der Waals surface area contributed by atoms with E-state index in [9.17, 15) is 14.3 Å². The van der Waals surface area contributed by atoms with E-state index < -0.39 is 11.9 Å². The molecule has 0 radical (unpaired) electrons. The predicted octanol–water partition coefficient (Wildman–Crippen LogP) is 4.26. The van der Waals surface area contributed by atoms with Crippen molar-refractivity contribution in [3.05, 3.63) is 100 Å². The molecule has 0 saturated carbocycles. The maximum Gasteiger partial charge on any atom is 0.260 e. The first-order chi connectivity index (χ1) is 13.7. The molecule has 5 heteroatoms. The van der Waals surface area contributed by atoms with E-state index in [1.165, 1.54) is 12.1 Å². The van der Waals surface area contributed by atoms with Gasteiger partial charge in [-0.05, 0) is 35.4 Å². The zero-order valence-electron chi connectivity index (χ0n) is 14.8. The van der Waals surface area contributed by atoms with Gasteiger partial charge < -0.3 is 15.2 Å².